The van der Waals surface area contributed by atoms with Crippen molar-refractivity contribution in [3.8, 4) is 0 Å². The maximum Gasteiger partial charge on any atom is -1.00 e. The molecule has 2 rings (SSSR count). The van der Waals surface area contributed by atoms with Crippen LogP contribution in [0.15, 0.2) is 46.2 Å². The van der Waals surface area contributed by atoms with E-state index in [2.05, 4.69) is 42.2 Å². The third kappa shape index (κ3) is 9.95. The summed E-state index contributed by atoms with van der Waals surface area (Å²) in [7, 11) is -8.55. The van der Waals surface area contributed by atoms with E-state index in [0.717, 1.165) is 11.1 Å². The van der Waals surface area contributed by atoms with E-state index in [1.807, 2.05) is 19.9 Å². The summed E-state index contributed by atoms with van der Waals surface area (Å²) in [4.78, 5) is 5.70. The molecule has 0 aliphatic rings. The summed E-state index contributed by atoms with van der Waals surface area (Å²) >= 11 is 1.73. The van der Waals surface area contributed by atoms with Gasteiger partial charge in [-0.2, -0.15) is 0 Å². The number of diazo groups is 1. The zero-order valence-corrected chi connectivity index (χ0v) is 15.2. The van der Waals surface area contributed by atoms with Gasteiger partial charge in [-0.25, -0.2) is 0 Å². The molecule has 0 atom stereocenters. The van der Waals surface area contributed by atoms with Crippen molar-refractivity contribution in [1.82, 2.24) is 0 Å². The molecule has 0 heterocycles. The summed E-state index contributed by atoms with van der Waals surface area (Å²) in [6.07, 6.45) is 0. The van der Waals surface area contributed by atoms with Gasteiger partial charge in [-0.15, -0.1) is 0 Å². The number of rotatable bonds is 2. The number of nitrogens with zero attached hydrogens (tertiary/aromatic N) is 2. The van der Waals surface area contributed by atoms with Gasteiger partial charge in [0, 0.05) is 21.4 Å². The molecule has 0 N–H and O–H groups in total. The molecule has 10 heteroatoms. The third-order valence-electron chi connectivity index (χ3n) is 2.85. The standard InChI is InChI=1S/C15H15N2S.F5P.FH/c1-10-4-6-13(7-5-10)18-15-9-11(2)14(17-16)8-12(15)3;1-6(2,3,4)5;/h4-9H,1-3H3;;1H/q+1;;/p-1. The van der Waals surface area contributed by atoms with Crippen LogP contribution in [0.4, 0.5) is 26.7 Å². The van der Waals surface area contributed by atoms with E-state index in [4.69, 9.17) is 5.39 Å². The van der Waals surface area contributed by atoms with Crippen LogP contribution < -0.4 is 4.70 Å². The molecule has 0 aliphatic carbocycles. The first-order valence-corrected chi connectivity index (χ1v) is 9.16. The Morgan fingerprint density at radius 1 is 0.880 bits per heavy atom. The molecule has 0 saturated carbocycles. The topological polar surface area (TPSA) is 28.1 Å². The molecule has 0 bridgehead atoms. The van der Waals surface area contributed by atoms with Crippen molar-refractivity contribution in [2.75, 3.05) is 0 Å². The molecule has 0 aliphatic heterocycles. The molecule has 25 heavy (non-hydrogen) atoms. The van der Waals surface area contributed by atoms with E-state index in [-0.39, 0.29) is 4.70 Å². The predicted octanol–water partition coefficient (Wildman–Crippen LogP) is 5.21. The first-order chi connectivity index (χ1) is 10.8. The van der Waals surface area contributed by atoms with Crippen molar-refractivity contribution in [1.29, 1.82) is 5.39 Å². The number of hydrogen-bond donors (Lipinski definition) is 0. The molecule has 0 saturated heterocycles. The minimum atomic E-state index is -8.55. The van der Waals surface area contributed by atoms with Crippen LogP contribution in [0, 0.1) is 26.2 Å². The van der Waals surface area contributed by atoms with E-state index in [1.165, 1.54) is 15.4 Å². The fourth-order valence-corrected chi connectivity index (χ4v) is 2.71. The molecule has 0 fully saturated rings. The van der Waals surface area contributed by atoms with Crippen molar-refractivity contribution in [2.45, 2.75) is 30.6 Å². The predicted molar refractivity (Wildman–Crippen MR) is 88.4 cm³/mol. The zero-order chi connectivity index (χ0) is 18.6. The normalized spacial score (nSPS) is 11.9. The van der Waals surface area contributed by atoms with Crippen LogP contribution in [0.2, 0.25) is 0 Å². The van der Waals surface area contributed by atoms with E-state index in [0.29, 0.717) is 5.69 Å². The fourth-order valence-electron chi connectivity index (χ4n) is 1.73. The van der Waals surface area contributed by atoms with E-state index >= 15 is 0 Å². The average molecular weight is 400 g/mol. The minimum absolute atomic E-state index is 0. The Balaban J connectivity index is 0.000000715. The summed E-state index contributed by atoms with van der Waals surface area (Å²) in [6.45, 7) is 6.07. The van der Waals surface area contributed by atoms with Gasteiger partial charge in [-0.1, -0.05) is 29.5 Å². The summed E-state index contributed by atoms with van der Waals surface area (Å²) in [6, 6.07) is 12.4. The number of halogens is 6. The molecule has 138 valence electrons. The molecule has 2 aromatic rings. The number of benzene rings is 2. The van der Waals surface area contributed by atoms with Crippen molar-refractivity contribution >= 4 is 25.6 Å². The Morgan fingerprint density at radius 2 is 1.36 bits per heavy atom. The Kier molecular flexibility index (Phi) is 7.94. The Labute approximate surface area is 146 Å². The van der Waals surface area contributed by atoms with Gasteiger partial charge < -0.3 is 4.70 Å². The molecule has 2 nitrogen and oxygen atoms in total. The van der Waals surface area contributed by atoms with Gasteiger partial charge in [0.1, 0.15) is 0 Å². The third-order valence-corrected chi connectivity index (χ3v) is 4.02. The molecule has 0 spiro atoms. The average Bonchev–Trinajstić information content (AvgIpc) is 2.42. The first-order valence-electron chi connectivity index (χ1n) is 6.65. The van der Waals surface area contributed by atoms with Gasteiger partial charge in [-0.05, 0) is 44.5 Å². The fraction of sp³-hybridized carbons (Fsp3) is 0.200. The van der Waals surface area contributed by atoms with Crippen LogP contribution >= 0.6 is 19.9 Å². The zero-order valence-electron chi connectivity index (χ0n) is 13.5. The summed E-state index contributed by atoms with van der Waals surface area (Å²) < 4.78 is 49.2. The quantitative estimate of drug-likeness (QED) is 0.393. The van der Waals surface area contributed by atoms with E-state index in [1.54, 1.807) is 11.8 Å². The molecule has 2 aromatic carbocycles. The van der Waals surface area contributed by atoms with Crippen LogP contribution in [0.5, 0.6) is 0 Å². The Hall–Kier alpha value is -1.78. The molecular formula is C15H15F6N2PS. The van der Waals surface area contributed by atoms with Gasteiger partial charge in [0.15, 0.2) is 4.98 Å². The number of hydrogen-bond acceptors (Lipinski definition) is 2. The first kappa shape index (κ1) is 23.2. The largest absolute Gasteiger partial charge is 1.00 e. The van der Waals surface area contributed by atoms with Crippen molar-refractivity contribution in [2.24, 2.45) is 0 Å². The number of aryl methyl sites for hydroxylation is 3. The van der Waals surface area contributed by atoms with Crippen LogP contribution in [-0.2, 0) is 0 Å². The van der Waals surface area contributed by atoms with Crippen LogP contribution in [-0.4, -0.2) is 0 Å². The second-order valence-electron chi connectivity index (χ2n) is 5.06. The second kappa shape index (κ2) is 8.54. The smallest absolute Gasteiger partial charge is 1.00 e. The van der Waals surface area contributed by atoms with Gasteiger partial charge in [0.05, 0.1) is 0 Å². The second-order valence-corrected chi connectivity index (χ2v) is 7.45. The van der Waals surface area contributed by atoms with E-state index < -0.39 is 8.16 Å². The monoisotopic (exact) mass is 400 g/mol. The molecule has 0 aromatic heterocycles. The maximum atomic E-state index is 9.84. The van der Waals surface area contributed by atoms with Gasteiger partial charge in [0.2, 0.25) is 5.39 Å². The summed E-state index contributed by atoms with van der Waals surface area (Å²) in [5.74, 6) is 0. The summed E-state index contributed by atoms with van der Waals surface area (Å²) in [5.41, 5.74) is 4.01. The Morgan fingerprint density at radius 3 is 1.80 bits per heavy atom. The van der Waals surface area contributed by atoms with E-state index in [9.17, 15) is 21.0 Å². The minimum Gasteiger partial charge on any atom is -1.00 e. The molecular weight excluding hydrogens is 385 g/mol. The maximum absolute atomic E-state index is 9.84. The van der Waals surface area contributed by atoms with Gasteiger partial charge >= 0.3 is 34.8 Å². The van der Waals surface area contributed by atoms with Crippen molar-refractivity contribution in [3.05, 3.63) is 58.1 Å². The van der Waals surface area contributed by atoms with Crippen molar-refractivity contribution < 1.29 is 25.7 Å². The van der Waals surface area contributed by atoms with Crippen LogP contribution in [0.1, 0.15) is 16.7 Å². The van der Waals surface area contributed by atoms with Crippen LogP contribution in [0.25, 0.3) is 4.98 Å². The SMILES string of the molecule is Cc1ccc(Sc2cc(C)c([N+]#N)cc2C)cc1.FP(F)(F)(F)F.[F-]. The summed E-state index contributed by atoms with van der Waals surface area (Å²) in [5, 5.41) is 8.87. The van der Waals surface area contributed by atoms with Gasteiger partial charge in [-0.3, -0.25) is 0 Å². The van der Waals surface area contributed by atoms with Gasteiger partial charge in [0.25, 0.3) is 0 Å². The van der Waals surface area contributed by atoms with Crippen molar-refractivity contribution in [3.63, 3.8) is 0 Å². The Bertz CT molecular complexity index is 750. The molecule has 0 unspecified atom stereocenters. The molecule has 0 amide bonds. The molecule has 0 radical (unpaired) electrons. The van der Waals surface area contributed by atoms with Crippen LogP contribution in [0.3, 0.4) is 0 Å².